The smallest absolute Gasteiger partial charge is 0.272 e. The maximum atomic E-state index is 11.9. The van der Waals surface area contributed by atoms with Crippen molar-refractivity contribution in [2.75, 3.05) is 6.61 Å². The average molecular weight is 280 g/mol. The molecule has 0 bridgehead atoms. The Morgan fingerprint density at radius 2 is 2.20 bits per heavy atom. The second-order valence-electron chi connectivity index (χ2n) is 4.83. The summed E-state index contributed by atoms with van der Waals surface area (Å²) in [6.07, 6.45) is 1.46. The van der Waals surface area contributed by atoms with Crippen molar-refractivity contribution in [1.29, 1.82) is 0 Å². The van der Waals surface area contributed by atoms with Crippen LogP contribution in [-0.4, -0.2) is 28.6 Å². The first-order valence-corrected chi connectivity index (χ1v) is 6.58. The Morgan fingerprint density at radius 3 is 2.80 bits per heavy atom. The fraction of sp³-hybridized carbons (Fsp3) is 0.500. The Bertz CT molecular complexity index is 488. The number of carbonyl (C=O) groups is 1. The van der Waals surface area contributed by atoms with Gasteiger partial charge >= 0.3 is 0 Å². The summed E-state index contributed by atoms with van der Waals surface area (Å²) in [5.41, 5.74) is 1.21. The third-order valence-corrected chi connectivity index (χ3v) is 3.17. The molecular formula is C14H20N2O4. The normalized spacial score (nSPS) is 11.9. The summed E-state index contributed by atoms with van der Waals surface area (Å²) in [5.74, 6) is -0.168. The van der Waals surface area contributed by atoms with Gasteiger partial charge in [0.25, 0.3) is 5.69 Å². The van der Waals surface area contributed by atoms with E-state index in [-0.39, 0.29) is 30.7 Å². The van der Waals surface area contributed by atoms with E-state index in [0.29, 0.717) is 24.0 Å². The molecule has 0 radical (unpaired) electrons. The van der Waals surface area contributed by atoms with Gasteiger partial charge in [-0.05, 0) is 32.3 Å². The number of nitrogens with one attached hydrogen (secondary N) is 1. The van der Waals surface area contributed by atoms with Gasteiger partial charge in [0.05, 0.1) is 11.3 Å². The molecule has 0 aromatic heterocycles. The van der Waals surface area contributed by atoms with Crippen LogP contribution in [0.4, 0.5) is 5.69 Å². The van der Waals surface area contributed by atoms with Gasteiger partial charge in [-0.25, -0.2) is 0 Å². The van der Waals surface area contributed by atoms with E-state index in [4.69, 9.17) is 5.11 Å². The number of benzene rings is 1. The maximum absolute atomic E-state index is 11.9. The minimum Gasteiger partial charge on any atom is -0.396 e. The molecule has 1 aromatic carbocycles. The fourth-order valence-corrected chi connectivity index (χ4v) is 2.03. The molecular weight excluding hydrogens is 260 g/mol. The Kier molecular flexibility index (Phi) is 6.11. The summed E-state index contributed by atoms with van der Waals surface area (Å²) in [7, 11) is 0. The van der Waals surface area contributed by atoms with Crippen LogP contribution in [-0.2, 0) is 11.2 Å². The van der Waals surface area contributed by atoms with Crippen molar-refractivity contribution in [2.45, 2.75) is 39.2 Å². The molecule has 0 fully saturated rings. The minimum atomic E-state index is -0.444. The van der Waals surface area contributed by atoms with Gasteiger partial charge in [0, 0.05) is 24.3 Å². The van der Waals surface area contributed by atoms with Crippen LogP contribution in [0.2, 0.25) is 0 Å². The van der Waals surface area contributed by atoms with Crippen LogP contribution in [0.1, 0.15) is 30.9 Å². The average Bonchev–Trinajstić information content (AvgIpc) is 2.38. The van der Waals surface area contributed by atoms with E-state index >= 15 is 0 Å². The van der Waals surface area contributed by atoms with Gasteiger partial charge in [0.1, 0.15) is 0 Å². The molecule has 0 saturated carbocycles. The van der Waals surface area contributed by atoms with Gasteiger partial charge in [0.2, 0.25) is 5.91 Å². The zero-order valence-corrected chi connectivity index (χ0v) is 11.8. The molecule has 2 N–H and O–H groups in total. The van der Waals surface area contributed by atoms with Crippen LogP contribution in [0, 0.1) is 17.0 Å². The number of rotatable bonds is 7. The number of hydrogen-bond donors (Lipinski definition) is 2. The predicted molar refractivity (Wildman–Crippen MR) is 75.5 cm³/mol. The first-order chi connectivity index (χ1) is 9.45. The zero-order chi connectivity index (χ0) is 15.1. The van der Waals surface area contributed by atoms with Crippen molar-refractivity contribution in [3.05, 3.63) is 39.4 Å². The highest BCUT2D eigenvalue weighted by molar-refractivity contribution is 5.79. The summed E-state index contributed by atoms with van der Waals surface area (Å²) >= 11 is 0. The van der Waals surface area contributed by atoms with Crippen LogP contribution in [0.25, 0.3) is 0 Å². The SMILES string of the molecule is Cc1c(CC(=O)NC(C)CCCO)cccc1[N+](=O)[O-]. The topological polar surface area (TPSA) is 92.5 Å². The van der Waals surface area contributed by atoms with Gasteiger partial charge in [-0.2, -0.15) is 0 Å². The number of aliphatic hydroxyl groups excluding tert-OH is 1. The molecule has 6 heteroatoms. The van der Waals surface area contributed by atoms with E-state index in [9.17, 15) is 14.9 Å². The van der Waals surface area contributed by atoms with Crippen molar-refractivity contribution in [1.82, 2.24) is 5.32 Å². The number of hydrogen-bond acceptors (Lipinski definition) is 4. The van der Waals surface area contributed by atoms with Gasteiger partial charge < -0.3 is 10.4 Å². The lowest BCUT2D eigenvalue weighted by atomic mass is 10.0. The molecule has 110 valence electrons. The molecule has 1 aromatic rings. The highest BCUT2D eigenvalue weighted by Gasteiger charge is 2.15. The van der Waals surface area contributed by atoms with Crippen LogP contribution >= 0.6 is 0 Å². The molecule has 0 aliphatic carbocycles. The van der Waals surface area contributed by atoms with E-state index in [2.05, 4.69) is 5.32 Å². The van der Waals surface area contributed by atoms with Crippen LogP contribution in [0.3, 0.4) is 0 Å². The number of nitro groups is 1. The van der Waals surface area contributed by atoms with Crippen LogP contribution in [0.5, 0.6) is 0 Å². The standard InChI is InChI=1S/C14H20N2O4/c1-10(5-4-8-17)15-14(18)9-12-6-3-7-13(11(12)2)16(19)20/h3,6-7,10,17H,4-5,8-9H2,1-2H3,(H,15,18). The highest BCUT2D eigenvalue weighted by atomic mass is 16.6. The second kappa shape index (κ2) is 7.59. The first kappa shape index (κ1) is 16.1. The molecule has 0 aliphatic rings. The van der Waals surface area contributed by atoms with Gasteiger partial charge in [-0.3, -0.25) is 14.9 Å². The lowest BCUT2D eigenvalue weighted by Crippen LogP contribution is -2.33. The van der Waals surface area contributed by atoms with Gasteiger partial charge in [-0.1, -0.05) is 12.1 Å². The van der Waals surface area contributed by atoms with Crippen molar-refractivity contribution in [2.24, 2.45) is 0 Å². The second-order valence-corrected chi connectivity index (χ2v) is 4.83. The van der Waals surface area contributed by atoms with E-state index in [1.54, 1.807) is 19.1 Å². The van der Waals surface area contributed by atoms with Crippen molar-refractivity contribution >= 4 is 11.6 Å². The lowest BCUT2D eigenvalue weighted by molar-refractivity contribution is -0.385. The minimum absolute atomic E-state index is 0.0198. The third-order valence-electron chi connectivity index (χ3n) is 3.17. The molecule has 0 heterocycles. The molecule has 1 amide bonds. The molecule has 20 heavy (non-hydrogen) atoms. The Hall–Kier alpha value is -1.95. The summed E-state index contributed by atoms with van der Waals surface area (Å²) in [4.78, 5) is 22.3. The van der Waals surface area contributed by atoms with E-state index in [1.165, 1.54) is 6.07 Å². The Labute approximate surface area is 118 Å². The molecule has 1 atom stereocenters. The maximum Gasteiger partial charge on any atom is 0.272 e. The largest absolute Gasteiger partial charge is 0.396 e. The predicted octanol–water partition coefficient (Wildman–Crippen LogP) is 1.72. The van der Waals surface area contributed by atoms with E-state index < -0.39 is 4.92 Å². The summed E-state index contributed by atoms with van der Waals surface area (Å²) in [6.45, 7) is 3.62. The monoisotopic (exact) mass is 280 g/mol. The van der Waals surface area contributed by atoms with E-state index in [0.717, 1.165) is 0 Å². The molecule has 0 spiro atoms. The van der Waals surface area contributed by atoms with Crippen molar-refractivity contribution < 1.29 is 14.8 Å². The van der Waals surface area contributed by atoms with E-state index in [1.807, 2.05) is 6.92 Å². The zero-order valence-electron chi connectivity index (χ0n) is 11.8. The number of nitrogens with zero attached hydrogens (tertiary/aromatic N) is 1. The summed E-state index contributed by atoms with van der Waals surface area (Å²) in [6, 6.07) is 4.72. The Balaban J connectivity index is 2.67. The van der Waals surface area contributed by atoms with Gasteiger partial charge in [0.15, 0.2) is 0 Å². The first-order valence-electron chi connectivity index (χ1n) is 6.58. The molecule has 1 unspecified atom stereocenters. The molecule has 0 aliphatic heterocycles. The van der Waals surface area contributed by atoms with Crippen LogP contribution in [0.15, 0.2) is 18.2 Å². The number of amides is 1. The molecule has 0 saturated heterocycles. The third kappa shape index (κ3) is 4.62. The summed E-state index contributed by atoms with van der Waals surface area (Å²) in [5, 5.41) is 22.4. The quantitative estimate of drug-likeness (QED) is 0.587. The molecule has 1 rings (SSSR count). The molecule has 6 nitrogen and oxygen atoms in total. The number of nitro benzene ring substituents is 1. The lowest BCUT2D eigenvalue weighted by Gasteiger charge is -2.13. The van der Waals surface area contributed by atoms with Crippen molar-refractivity contribution in [3.8, 4) is 0 Å². The van der Waals surface area contributed by atoms with Crippen LogP contribution < -0.4 is 5.32 Å². The highest BCUT2D eigenvalue weighted by Crippen LogP contribution is 2.21. The Morgan fingerprint density at radius 1 is 1.50 bits per heavy atom. The van der Waals surface area contributed by atoms with Gasteiger partial charge in [-0.15, -0.1) is 0 Å². The number of carbonyl (C=O) groups excluding carboxylic acids is 1. The summed E-state index contributed by atoms with van der Waals surface area (Å²) < 4.78 is 0. The van der Waals surface area contributed by atoms with Crippen molar-refractivity contribution in [3.63, 3.8) is 0 Å². The number of aliphatic hydroxyl groups is 1. The fourth-order valence-electron chi connectivity index (χ4n) is 2.03.